The molecule has 0 bridgehead atoms. The van der Waals surface area contributed by atoms with Gasteiger partial charge in [0.2, 0.25) is 0 Å². The van der Waals surface area contributed by atoms with Gasteiger partial charge in [-0.15, -0.1) is 11.3 Å². The van der Waals surface area contributed by atoms with Gasteiger partial charge in [-0.25, -0.2) is 4.98 Å². The van der Waals surface area contributed by atoms with Gasteiger partial charge in [-0.05, 0) is 26.7 Å². The topological polar surface area (TPSA) is 39.2 Å². The molecule has 0 saturated heterocycles. The molecule has 1 aliphatic carbocycles. The third kappa shape index (κ3) is 3.23. The van der Waals surface area contributed by atoms with E-state index in [-0.39, 0.29) is 5.78 Å². The number of carbonyl (C=O) groups is 1. The van der Waals surface area contributed by atoms with E-state index in [1.807, 2.05) is 6.92 Å². The summed E-state index contributed by atoms with van der Waals surface area (Å²) in [4.78, 5) is 18.3. The van der Waals surface area contributed by atoms with Crippen molar-refractivity contribution in [1.29, 1.82) is 0 Å². The number of rotatable bonds is 4. The average molecular weight is 281 g/mol. The number of methoxy groups -OCH3 is 1. The summed E-state index contributed by atoms with van der Waals surface area (Å²) in [6.45, 7) is 4.05. The number of aromatic nitrogens is 1. The molecule has 1 aromatic rings. The number of hydrogen-bond donors (Lipinski definition) is 0. The summed E-state index contributed by atoms with van der Waals surface area (Å²) in [7, 11) is 1.68. The Hall–Kier alpha value is -0.740. The maximum absolute atomic E-state index is 12.6. The fraction of sp³-hybridized carbons (Fsp3) is 0.733. The van der Waals surface area contributed by atoms with Crippen LogP contribution in [0.4, 0.5) is 0 Å². The van der Waals surface area contributed by atoms with Crippen molar-refractivity contribution in [1.82, 2.24) is 4.98 Å². The first-order valence-corrected chi connectivity index (χ1v) is 7.90. The molecule has 2 rings (SSSR count). The number of aryl methyl sites for hydroxylation is 2. The lowest BCUT2D eigenvalue weighted by molar-refractivity contribution is -0.142. The minimum absolute atomic E-state index is 0.214. The van der Waals surface area contributed by atoms with Gasteiger partial charge in [-0.3, -0.25) is 4.79 Å². The van der Waals surface area contributed by atoms with Gasteiger partial charge in [0.1, 0.15) is 10.6 Å². The first-order valence-electron chi connectivity index (χ1n) is 7.09. The molecule has 1 aliphatic rings. The second-order valence-electron chi connectivity index (χ2n) is 5.46. The van der Waals surface area contributed by atoms with Crippen LogP contribution in [0.15, 0.2) is 0 Å². The van der Waals surface area contributed by atoms with Crippen LogP contribution >= 0.6 is 11.3 Å². The van der Waals surface area contributed by atoms with E-state index in [9.17, 15) is 4.79 Å². The molecule has 0 aliphatic heterocycles. The lowest BCUT2D eigenvalue weighted by Crippen LogP contribution is -2.41. The summed E-state index contributed by atoms with van der Waals surface area (Å²) in [5, 5.41) is 0.931. The molecular weight excluding hydrogens is 258 g/mol. The van der Waals surface area contributed by atoms with Crippen LogP contribution in [-0.2, 0) is 16.0 Å². The summed E-state index contributed by atoms with van der Waals surface area (Å²) in [6.07, 6.45) is 6.78. The third-order valence-corrected chi connectivity index (χ3v) is 5.27. The van der Waals surface area contributed by atoms with E-state index in [0.29, 0.717) is 6.42 Å². The van der Waals surface area contributed by atoms with E-state index in [1.54, 1.807) is 18.4 Å². The molecule has 0 spiro atoms. The van der Waals surface area contributed by atoms with Crippen molar-refractivity contribution in [2.24, 2.45) is 0 Å². The number of carbonyl (C=O) groups excluding carboxylic acids is 1. The number of nitrogens with zero attached hydrogens (tertiary/aromatic N) is 1. The van der Waals surface area contributed by atoms with Crippen molar-refractivity contribution >= 4 is 17.1 Å². The molecular formula is C15H23NO2S. The highest BCUT2D eigenvalue weighted by Crippen LogP contribution is 2.32. The number of Topliss-reactive ketones (excluding diaryl/α,β-unsaturated/α-hetero) is 1. The molecule has 4 heteroatoms. The Balaban J connectivity index is 2.11. The normalized spacial score (nSPS) is 19.1. The molecule has 0 atom stereocenters. The Morgan fingerprint density at radius 1 is 1.26 bits per heavy atom. The molecule has 0 amide bonds. The molecule has 3 nitrogen and oxygen atoms in total. The van der Waals surface area contributed by atoms with Crippen molar-refractivity contribution in [3.8, 4) is 0 Å². The van der Waals surface area contributed by atoms with Crippen molar-refractivity contribution in [2.45, 2.75) is 64.4 Å². The minimum Gasteiger partial charge on any atom is -0.370 e. The predicted octanol–water partition coefficient (Wildman–Crippen LogP) is 3.61. The average Bonchev–Trinajstić information content (AvgIpc) is 2.60. The van der Waals surface area contributed by atoms with E-state index >= 15 is 0 Å². The molecule has 106 valence electrons. The molecule has 0 aromatic carbocycles. The highest BCUT2D eigenvalue weighted by Gasteiger charge is 2.38. The standard InChI is InChI=1S/C15H23NO2S/c1-11-12(2)19-14(16-11)10-13(17)15(18-3)8-6-4-5-7-9-15/h4-10H2,1-3H3. The quantitative estimate of drug-likeness (QED) is 0.791. The zero-order chi connectivity index (χ0) is 13.9. The van der Waals surface area contributed by atoms with Crippen LogP contribution in [0, 0.1) is 13.8 Å². The minimum atomic E-state index is -0.552. The lowest BCUT2D eigenvalue weighted by Gasteiger charge is -2.29. The number of hydrogen-bond acceptors (Lipinski definition) is 4. The van der Waals surface area contributed by atoms with Crippen molar-refractivity contribution < 1.29 is 9.53 Å². The van der Waals surface area contributed by atoms with Gasteiger partial charge < -0.3 is 4.74 Å². The zero-order valence-electron chi connectivity index (χ0n) is 12.1. The highest BCUT2D eigenvalue weighted by atomic mass is 32.1. The van der Waals surface area contributed by atoms with E-state index in [1.165, 1.54) is 17.7 Å². The Labute approximate surface area is 119 Å². The maximum Gasteiger partial charge on any atom is 0.171 e. The molecule has 19 heavy (non-hydrogen) atoms. The molecule has 0 unspecified atom stereocenters. The van der Waals surface area contributed by atoms with Gasteiger partial charge in [-0.1, -0.05) is 25.7 Å². The largest absolute Gasteiger partial charge is 0.370 e. The molecule has 0 N–H and O–H groups in total. The van der Waals surface area contributed by atoms with Gasteiger partial charge in [0.25, 0.3) is 0 Å². The summed E-state index contributed by atoms with van der Waals surface area (Å²) in [6, 6.07) is 0. The van der Waals surface area contributed by atoms with Crippen LogP contribution in [0.5, 0.6) is 0 Å². The van der Waals surface area contributed by atoms with Crippen LogP contribution in [-0.4, -0.2) is 23.5 Å². The Kier molecular flexibility index (Phi) is 4.74. The predicted molar refractivity (Wildman–Crippen MR) is 77.7 cm³/mol. The molecule has 0 radical (unpaired) electrons. The highest BCUT2D eigenvalue weighted by molar-refractivity contribution is 7.11. The summed E-state index contributed by atoms with van der Waals surface area (Å²) in [5.74, 6) is 0.214. The maximum atomic E-state index is 12.6. The van der Waals surface area contributed by atoms with Crippen LogP contribution in [0.1, 0.15) is 54.1 Å². The van der Waals surface area contributed by atoms with Crippen molar-refractivity contribution in [3.63, 3.8) is 0 Å². The van der Waals surface area contributed by atoms with Gasteiger partial charge in [0.05, 0.1) is 12.1 Å². The van der Waals surface area contributed by atoms with Crippen LogP contribution in [0.2, 0.25) is 0 Å². The molecule has 1 aromatic heterocycles. The van der Waals surface area contributed by atoms with Gasteiger partial charge in [0, 0.05) is 12.0 Å². The smallest absolute Gasteiger partial charge is 0.171 e. The number of thiazole rings is 1. The van der Waals surface area contributed by atoms with Gasteiger partial charge >= 0.3 is 0 Å². The fourth-order valence-electron chi connectivity index (χ4n) is 2.81. The van der Waals surface area contributed by atoms with E-state index < -0.39 is 5.60 Å². The number of ketones is 1. The van der Waals surface area contributed by atoms with E-state index in [2.05, 4.69) is 11.9 Å². The first-order chi connectivity index (χ1) is 9.07. The van der Waals surface area contributed by atoms with Crippen molar-refractivity contribution in [2.75, 3.05) is 7.11 Å². The molecule has 1 heterocycles. The second kappa shape index (κ2) is 6.14. The van der Waals surface area contributed by atoms with E-state index in [0.717, 1.165) is 36.4 Å². The van der Waals surface area contributed by atoms with Crippen molar-refractivity contribution in [3.05, 3.63) is 15.6 Å². The SMILES string of the molecule is COC1(C(=O)Cc2nc(C)c(C)s2)CCCCCC1. The first kappa shape index (κ1) is 14.7. The Morgan fingerprint density at radius 2 is 1.89 bits per heavy atom. The molecule has 1 saturated carbocycles. The van der Waals surface area contributed by atoms with Crippen LogP contribution in [0.3, 0.4) is 0 Å². The number of ether oxygens (including phenoxy) is 1. The van der Waals surface area contributed by atoms with Gasteiger partial charge in [0.15, 0.2) is 5.78 Å². The second-order valence-corrected chi connectivity index (χ2v) is 6.75. The fourth-order valence-corrected chi connectivity index (χ4v) is 3.74. The summed E-state index contributed by atoms with van der Waals surface area (Å²) < 4.78 is 5.66. The summed E-state index contributed by atoms with van der Waals surface area (Å²) in [5.41, 5.74) is 0.490. The van der Waals surface area contributed by atoms with Gasteiger partial charge in [-0.2, -0.15) is 0 Å². The van der Waals surface area contributed by atoms with E-state index in [4.69, 9.17) is 4.74 Å². The molecule has 1 fully saturated rings. The monoisotopic (exact) mass is 281 g/mol. The zero-order valence-corrected chi connectivity index (χ0v) is 12.9. The Morgan fingerprint density at radius 3 is 2.37 bits per heavy atom. The van der Waals surface area contributed by atoms with Crippen LogP contribution in [0.25, 0.3) is 0 Å². The van der Waals surface area contributed by atoms with Crippen LogP contribution < -0.4 is 0 Å². The third-order valence-electron chi connectivity index (χ3n) is 4.19. The summed E-state index contributed by atoms with van der Waals surface area (Å²) >= 11 is 1.63. The lowest BCUT2D eigenvalue weighted by atomic mass is 9.88. The Bertz CT molecular complexity index is 425.